The van der Waals surface area contributed by atoms with Gasteiger partial charge in [-0.2, -0.15) is 0 Å². The molecule has 152 valence electrons. The average molecular weight is 445 g/mol. The lowest BCUT2D eigenvalue weighted by atomic mass is 10.2. The van der Waals surface area contributed by atoms with Crippen LogP contribution in [0.4, 0.5) is 14.5 Å². The molecule has 0 aliphatic rings. The Morgan fingerprint density at radius 2 is 1.93 bits per heavy atom. The first-order valence-electron chi connectivity index (χ1n) is 8.93. The number of thioether (sulfide) groups is 1. The van der Waals surface area contributed by atoms with E-state index in [2.05, 4.69) is 15.3 Å². The molecule has 2 heterocycles. The van der Waals surface area contributed by atoms with E-state index in [1.165, 1.54) is 36.0 Å². The van der Waals surface area contributed by atoms with Gasteiger partial charge in [0, 0.05) is 17.6 Å². The highest BCUT2D eigenvalue weighted by atomic mass is 35.5. The van der Waals surface area contributed by atoms with E-state index >= 15 is 0 Å². The van der Waals surface area contributed by atoms with E-state index in [4.69, 9.17) is 11.6 Å². The van der Waals surface area contributed by atoms with Gasteiger partial charge in [0.25, 0.3) is 0 Å². The number of pyridine rings is 1. The van der Waals surface area contributed by atoms with E-state index in [0.29, 0.717) is 33.3 Å². The number of hydrogen-bond donors (Lipinski definition) is 1. The summed E-state index contributed by atoms with van der Waals surface area (Å²) in [5, 5.41) is 3.15. The van der Waals surface area contributed by atoms with Crippen LogP contribution in [0.2, 0.25) is 5.02 Å². The SMILES string of the molecule is O=C(Cn1c(SCc2ccccc2F)nc2cccnc21)Nc1ccc(F)c(Cl)c1. The van der Waals surface area contributed by atoms with Crippen molar-refractivity contribution in [3.05, 3.63) is 83.0 Å². The van der Waals surface area contributed by atoms with Crippen LogP contribution in [-0.4, -0.2) is 20.4 Å². The van der Waals surface area contributed by atoms with E-state index < -0.39 is 5.82 Å². The molecule has 1 N–H and O–H groups in total. The Morgan fingerprint density at radius 3 is 2.73 bits per heavy atom. The van der Waals surface area contributed by atoms with E-state index in [-0.39, 0.29) is 23.3 Å². The van der Waals surface area contributed by atoms with Gasteiger partial charge in [-0.15, -0.1) is 0 Å². The van der Waals surface area contributed by atoms with Crippen LogP contribution >= 0.6 is 23.4 Å². The second kappa shape index (κ2) is 8.81. The van der Waals surface area contributed by atoms with Crippen molar-refractivity contribution < 1.29 is 13.6 Å². The summed E-state index contributed by atoms with van der Waals surface area (Å²) < 4.78 is 29.0. The predicted octanol–water partition coefficient (Wildman–Crippen LogP) is 5.29. The van der Waals surface area contributed by atoms with Gasteiger partial charge in [0.15, 0.2) is 10.8 Å². The zero-order valence-corrected chi connectivity index (χ0v) is 17.1. The van der Waals surface area contributed by atoms with Crippen molar-refractivity contribution in [2.45, 2.75) is 17.5 Å². The molecule has 2 aromatic heterocycles. The van der Waals surface area contributed by atoms with Crippen molar-refractivity contribution in [1.82, 2.24) is 14.5 Å². The molecule has 1 amide bonds. The number of halogens is 3. The normalized spacial score (nSPS) is 11.0. The maximum atomic E-state index is 14.0. The Kier molecular flexibility index (Phi) is 5.96. The van der Waals surface area contributed by atoms with Crippen LogP contribution in [0.1, 0.15) is 5.56 Å². The van der Waals surface area contributed by atoms with Gasteiger partial charge in [-0.1, -0.05) is 41.6 Å². The van der Waals surface area contributed by atoms with Crippen molar-refractivity contribution in [3.8, 4) is 0 Å². The summed E-state index contributed by atoms with van der Waals surface area (Å²) in [6.45, 7) is -0.0673. The molecule has 0 spiro atoms. The van der Waals surface area contributed by atoms with Gasteiger partial charge in [0.05, 0.1) is 5.02 Å². The smallest absolute Gasteiger partial charge is 0.244 e. The minimum absolute atomic E-state index is 0.0673. The number of imidazole rings is 1. The van der Waals surface area contributed by atoms with Gasteiger partial charge in [0.2, 0.25) is 5.91 Å². The molecule has 0 saturated heterocycles. The summed E-state index contributed by atoms with van der Waals surface area (Å²) in [7, 11) is 0. The fourth-order valence-corrected chi connectivity index (χ4v) is 4.04. The Balaban J connectivity index is 1.57. The highest BCUT2D eigenvalue weighted by Crippen LogP contribution is 2.27. The largest absolute Gasteiger partial charge is 0.324 e. The molecule has 0 radical (unpaired) electrons. The number of aromatic nitrogens is 3. The van der Waals surface area contributed by atoms with Crippen molar-refractivity contribution in [2.75, 3.05) is 5.32 Å². The molecule has 0 unspecified atom stereocenters. The first-order valence-corrected chi connectivity index (χ1v) is 10.3. The van der Waals surface area contributed by atoms with E-state index in [1.807, 2.05) is 0 Å². The van der Waals surface area contributed by atoms with E-state index in [1.54, 1.807) is 41.1 Å². The number of benzene rings is 2. The summed E-state index contributed by atoms with van der Waals surface area (Å²) in [5.74, 6) is -0.857. The Labute approximate surface area is 180 Å². The fourth-order valence-electron chi connectivity index (χ4n) is 2.87. The fraction of sp³-hybridized carbons (Fsp3) is 0.0952. The lowest BCUT2D eigenvalue weighted by Crippen LogP contribution is -2.19. The second-order valence-electron chi connectivity index (χ2n) is 6.38. The third kappa shape index (κ3) is 4.44. The summed E-state index contributed by atoms with van der Waals surface area (Å²) in [6.07, 6.45) is 1.61. The van der Waals surface area contributed by atoms with E-state index in [9.17, 15) is 13.6 Å². The molecular weight excluding hydrogens is 430 g/mol. The standard InChI is InChI=1S/C21H15ClF2N4OS/c22-15-10-14(7-8-17(15)24)26-19(29)11-28-20-18(6-3-9-25-20)27-21(28)30-12-13-4-1-2-5-16(13)23/h1-10H,11-12H2,(H,26,29). The third-order valence-corrected chi connectivity index (χ3v) is 5.60. The second-order valence-corrected chi connectivity index (χ2v) is 7.73. The Hall–Kier alpha value is -2.97. The predicted molar refractivity (Wildman–Crippen MR) is 114 cm³/mol. The summed E-state index contributed by atoms with van der Waals surface area (Å²) >= 11 is 7.08. The first kappa shape index (κ1) is 20.3. The molecule has 0 saturated carbocycles. The molecule has 0 fully saturated rings. The van der Waals surface area contributed by atoms with Gasteiger partial charge < -0.3 is 5.32 Å². The van der Waals surface area contributed by atoms with Crippen LogP contribution in [0.15, 0.2) is 66.0 Å². The molecule has 0 aliphatic heterocycles. The zero-order chi connectivity index (χ0) is 21.1. The molecule has 5 nitrogen and oxygen atoms in total. The summed E-state index contributed by atoms with van der Waals surface area (Å²) in [5.41, 5.74) is 2.09. The first-order chi connectivity index (χ1) is 14.5. The van der Waals surface area contributed by atoms with Crippen molar-refractivity contribution >= 4 is 46.1 Å². The van der Waals surface area contributed by atoms with Gasteiger partial charge in [-0.3, -0.25) is 9.36 Å². The number of carbonyl (C=O) groups excluding carboxylic acids is 1. The number of carbonyl (C=O) groups is 1. The van der Waals surface area contributed by atoms with Crippen LogP contribution in [0, 0.1) is 11.6 Å². The molecule has 2 aromatic carbocycles. The molecular formula is C21H15ClF2N4OS. The van der Waals surface area contributed by atoms with Gasteiger partial charge in [-0.05, 0) is 42.0 Å². The monoisotopic (exact) mass is 444 g/mol. The number of amides is 1. The third-order valence-electron chi connectivity index (χ3n) is 4.29. The molecule has 0 aliphatic carbocycles. The minimum Gasteiger partial charge on any atom is -0.324 e. The van der Waals surface area contributed by atoms with Crippen LogP contribution < -0.4 is 5.32 Å². The summed E-state index contributed by atoms with van der Waals surface area (Å²) in [6, 6.07) is 14.0. The highest BCUT2D eigenvalue weighted by molar-refractivity contribution is 7.98. The van der Waals surface area contributed by atoms with Crippen LogP contribution in [-0.2, 0) is 17.1 Å². The lowest BCUT2D eigenvalue weighted by molar-refractivity contribution is -0.116. The van der Waals surface area contributed by atoms with Crippen molar-refractivity contribution in [2.24, 2.45) is 0 Å². The quantitative estimate of drug-likeness (QED) is 0.410. The van der Waals surface area contributed by atoms with Crippen LogP contribution in [0.5, 0.6) is 0 Å². The molecule has 9 heteroatoms. The Bertz CT molecular complexity index is 1230. The summed E-state index contributed by atoms with van der Waals surface area (Å²) in [4.78, 5) is 21.5. The molecule has 4 rings (SSSR count). The van der Waals surface area contributed by atoms with Crippen LogP contribution in [0.25, 0.3) is 11.2 Å². The molecule has 30 heavy (non-hydrogen) atoms. The molecule has 4 aromatic rings. The number of rotatable bonds is 6. The topological polar surface area (TPSA) is 59.8 Å². The minimum atomic E-state index is -0.564. The number of fused-ring (bicyclic) bond motifs is 1. The Morgan fingerprint density at radius 1 is 1.10 bits per heavy atom. The van der Waals surface area contributed by atoms with Gasteiger partial charge >= 0.3 is 0 Å². The highest BCUT2D eigenvalue weighted by Gasteiger charge is 2.16. The van der Waals surface area contributed by atoms with Crippen LogP contribution in [0.3, 0.4) is 0 Å². The maximum absolute atomic E-state index is 14.0. The van der Waals surface area contributed by atoms with Crippen molar-refractivity contribution in [1.29, 1.82) is 0 Å². The number of anilines is 1. The molecule has 0 bridgehead atoms. The van der Waals surface area contributed by atoms with E-state index in [0.717, 1.165) is 0 Å². The number of nitrogens with zero attached hydrogens (tertiary/aromatic N) is 3. The van der Waals surface area contributed by atoms with Gasteiger partial charge in [0.1, 0.15) is 23.7 Å². The zero-order valence-electron chi connectivity index (χ0n) is 15.5. The number of hydrogen-bond acceptors (Lipinski definition) is 4. The maximum Gasteiger partial charge on any atom is 0.244 e. The van der Waals surface area contributed by atoms with Crippen molar-refractivity contribution in [3.63, 3.8) is 0 Å². The van der Waals surface area contributed by atoms with Gasteiger partial charge in [-0.25, -0.2) is 18.7 Å². The molecule has 0 atom stereocenters. The number of nitrogens with one attached hydrogen (secondary N) is 1. The average Bonchev–Trinajstić information content (AvgIpc) is 3.07. The lowest BCUT2D eigenvalue weighted by Gasteiger charge is -2.10.